The van der Waals surface area contributed by atoms with Crippen molar-refractivity contribution < 1.29 is 9.53 Å². The number of benzene rings is 2. The van der Waals surface area contributed by atoms with Crippen molar-refractivity contribution in [1.29, 1.82) is 0 Å². The summed E-state index contributed by atoms with van der Waals surface area (Å²) in [7, 11) is 0. The fraction of sp³-hybridized carbons (Fsp3) is 0.250. The minimum Gasteiger partial charge on any atom is -0.486 e. The molecule has 0 fully saturated rings. The largest absolute Gasteiger partial charge is 0.486 e. The van der Waals surface area contributed by atoms with Gasteiger partial charge in [-0.1, -0.05) is 29.5 Å². The van der Waals surface area contributed by atoms with E-state index in [2.05, 4.69) is 29.4 Å². The number of ether oxygens (including phenoxy) is 1. The van der Waals surface area contributed by atoms with Crippen LogP contribution in [-0.2, 0) is 17.8 Å². The summed E-state index contributed by atoms with van der Waals surface area (Å²) in [6.07, 6.45) is 0.204. The molecule has 2 aromatic carbocycles. The molecule has 3 aromatic rings. The van der Waals surface area contributed by atoms with E-state index >= 15 is 0 Å². The molecule has 1 amide bonds. The topological polar surface area (TPSA) is 64.1 Å². The summed E-state index contributed by atoms with van der Waals surface area (Å²) in [6.45, 7) is 6.46. The number of anilines is 1. The number of amides is 1. The highest BCUT2D eigenvalue weighted by atomic mass is 32.1. The van der Waals surface area contributed by atoms with Crippen molar-refractivity contribution in [1.82, 2.24) is 10.2 Å². The molecular formula is C20H21N3O2S. The van der Waals surface area contributed by atoms with Crippen LogP contribution in [-0.4, -0.2) is 16.1 Å². The van der Waals surface area contributed by atoms with Gasteiger partial charge in [-0.05, 0) is 61.7 Å². The first-order valence-corrected chi connectivity index (χ1v) is 9.19. The molecule has 0 radical (unpaired) electrons. The van der Waals surface area contributed by atoms with Crippen molar-refractivity contribution in [3.8, 4) is 5.75 Å². The Balaban J connectivity index is 1.54. The molecule has 0 atom stereocenters. The van der Waals surface area contributed by atoms with Crippen molar-refractivity contribution in [3.05, 3.63) is 69.2 Å². The van der Waals surface area contributed by atoms with Crippen molar-refractivity contribution in [2.45, 2.75) is 33.8 Å². The third kappa shape index (κ3) is 4.89. The van der Waals surface area contributed by atoms with E-state index in [-0.39, 0.29) is 12.3 Å². The third-order valence-electron chi connectivity index (χ3n) is 3.96. The van der Waals surface area contributed by atoms with E-state index in [0.717, 1.165) is 22.0 Å². The van der Waals surface area contributed by atoms with Crippen LogP contribution < -0.4 is 10.1 Å². The first kappa shape index (κ1) is 18.1. The first-order valence-electron chi connectivity index (χ1n) is 8.37. The molecule has 0 aliphatic carbocycles. The second-order valence-corrected chi connectivity index (χ2v) is 7.37. The maximum Gasteiger partial charge on any atom is 0.231 e. The number of aryl methyl sites for hydroxylation is 3. The minimum atomic E-state index is -0.103. The monoisotopic (exact) mass is 367 g/mol. The molecule has 0 aliphatic heterocycles. The summed E-state index contributed by atoms with van der Waals surface area (Å²) in [6, 6.07) is 13.7. The van der Waals surface area contributed by atoms with Crippen LogP contribution in [0.15, 0.2) is 42.5 Å². The number of rotatable bonds is 6. The van der Waals surface area contributed by atoms with E-state index in [0.29, 0.717) is 11.6 Å². The Labute approximate surface area is 157 Å². The van der Waals surface area contributed by atoms with Gasteiger partial charge in [0.1, 0.15) is 17.4 Å². The average Bonchev–Trinajstić information content (AvgIpc) is 3.03. The van der Waals surface area contributed by atoms with Crippen LogP contribution in [0.3, 0.4) is 0 Å². The molecule has 0 saturated carbocycles. The zero-order valence-electron chi connectivity index (χ0n) is 15.1. The van der Waals surface area contributed by atoms with Crippen LogP contribution >= 0.6 is 11.3 Å². The Bertz CT molecular complexity index is 921. The second-order valence-electron chi connectivity index (χ2n) is 6.22. The van der Waals surface area contributed by atoms with Crippen molar-refractivity contribution in [2.75, 3.05) is 5.32 Å². The van der Waals surface area contributed by atoms with Crippen LogP contribution in [0.4, 0.5) is 5.69 Å². The Morgan fingerprint density at radius 1 is 1.04 bits per heavy atom. The van der Waals surface area contributed by atoms with E-state index < -0.39 is 0 Å². The zero-order valence-corrected chi connectivity index (χ0v) is 15.9. The van der Waals surface area contributed by atoms with Crippen molar-refractivity contribution in [3.63, 3.8) is 0 Å². The fourth-order valence-electron chi connectivity index (χ4n) is 2.43. The molecule has 0 unspecified atom stereocenters. The van der Waals surface area contributed by atoms with Gasteiger partial charge in [0.15, 0.2) is 5.01 Å². The molecule has 5 nitrogen and oxygen atoms in total. The van der Waals surface area contributed by atoms with Gasteiger partial charge >= 0.3 is 0 Å². The lowest BCUT2D eigenvalue weighted by Gasteiger charge is -2.06. The molecule has 1 aromatic heterocycles. The van der Waals surface area contributed by atoms with Gasteiger partial charge in [-0.2, -0.15) is 0 Å². The number of carbonyl (C=O) groups is 1. The van der Waals surface area contributed by atoms with Gasteiger partial charge in [0.2, 0.25) is 5.91 Å². The molecule has 26 heavy (non-hydrogen) atoms. The molecule has 1 N–H and O–H groups in total. The average molecular weight is 367 g/mol. The van der Waals surface area contributed by atoms with Crippen LogP contribution in [0, 0.1) is 20.8 Å². The van der Waals surface area contributed by atoms with Crippen LogP contribution in [0.25, 0.3) is 0 Å². The molecule has 1 heterocycles. The van der Waals surface area contributed by atoms with Crippen LogP contribution in [0.1, 0.15) is 26.7 Å². The molecule has 3 rings (SSSR count). The molecule has 0 aliphatic rings. The predicted molar refractivity (Wildman–Crippen MR) is 104 cm³/mol. The SMILES string of the molecule is Cc1cccc(NC(=O)Cc2nnc(COc3ccc(C)c(C)c3)s2)c1. The summed E-state index contributed by atoms with van der Waals surface area (Å²) >= 11 is 1.39. The normalized spacial score (nSPS) is 10.6. The molecule has 6 heteroatoms. The van der Waals surface area contributed by atoms with E-state index in [1.165, 1.54) is 22.5 Å². The van der Waals surface area contributed by atoms with Gasteiger partial charge in [-0.3, -0.25) is 4.79 Å². The highest BCUT2D eigenvalue weighted by Crippen LogP contribution is 2.19. The lowest BCUT2D eigenvalue weighted by molar-refractivity contribution is -0.115. The van der Waals surface area contributed by atoms with Gasteiger partial charge in [-0.15, -0.1) is 10.2 Å². The Morgan fingerprint density at radius 2 is 1.85 bits per heavy atom. The van der Waals surface area contributed by atoms with E-state index in [9.17, 15) is 4.79 Å². The van der Waals surface area contributed by atoms with Crippen molar-refractivity contribution >= 4 is 22.9 Å². The Hall–Kier alpha value is -2.73. The number of carbonyl (C=O) groups excluding carboxylic acids is 1. The number of aromatic nitrogens is 2. The predicted octanol–water partition coefficient (Wildman–Crippen LogP) is 4.22. The smallest absolute Gasteiger partial charge is 0.231 e. The van der Waals surface area contributed by atoms with E-state index in [4.69, 9.17) is 4.74 Å². The standard InChI is InChI=1S/C20H21N3O2S/c1-13-5-4-6-16(9-13)21-18(24)11-19-22-23-20(26-19)12-25-17-8-7-14(2)15(3)10-17/h4-10H,11-12H2,1-3H3,(H,21,24). The molecule has 0 spiro atoms. The lowest BCUT2D eigenvalue weighted by Crippen LogP contribution is -2.14. The third-order valence-corrected chi connectivity index (χ3v) is 4.86. The maximum absolute atomic E-state index is 12.1. The number of nitrogens with zero attached hydrogens (tertiary/aromatic N) is 2. The Morgan fingerprint density at radius 3 is 2.62 bits per heavy atom. The maximum atomic E-state index is 12.1. The number of hydrogen-bond donors (Lipinski definition) is 1. The van der Waals surface area contributed by atoms with Gasteiger partial charge in [0, 0.05) is 5.69 Å². The fourth-order valence-corrected chi connectivity index (χ4v) is 3.19. The molecular weight excluding hydrogens is 346 g/mol. The summed E-state index contributed by atoms with van der Waals surface area (Å²) in [4.78, 5) is 12.1. The molecule has 134 valence electrons. The van der Waals surface area contributed by atoms with Gasteiger partial charge in [0.05, 0.1) is 6.42 Å². The number of hydrogen-bond acceptors (Lipinski definition) is 5. The van der Waals surface area contributed by atoms with Gasteiger partial charge < -0.3 is 10.1 Å². The summed E-state index contributed by atoms with van der Waals surface area (Å²) in [5.41, 5.74) is 4.31. The Kier molecular flexibility index (Phi) is 5.63. The zero-order chi connectivity index (χ0) is 18.5. The quantitative estimate of drug-likeness (QED) is 0.708. The highest BCUT2D eigenvalue weighted by Gasteiger charge is 2.10. The van der Waals surface area contributed by atoms with Crippen molar-refractivity contribution in [2.24, 2.45) is 0 Å². The van der Waals surface area contributed by atoms with Gasteiger partial charge in [0.25, 0.3) is 0 Å². The van der Waals surface area contributed by atoms with E-state index in [1.807, 2.05) is 49.4 Å². The van der Waals surface area contributed by atoms with Gasteiger partial charge in [-0.25, -0.2) is 0 Å². The minimum absolute atomic E-state index is 0.103. The van der Waals surface area contributed by atoms with E-state index in [1.54, 1.807) is 0 Å². The molecule has 0 saturated heterocycles. The summed E-state index contributed by atoms with van der Waals surface area (Å²) in [5, 5.41) is 12.5. The lowest BCUT2D eigenvalue weighted by atomic mass is 10.1. The van der Waals surface area contributed by atoms with Crippen LogP contribution in [0.2, 0.25) is 0 Å². The first-order chi connectivity index (χ1) is 12.5. The summed E-state index contributed by atoms with van der Waals surface area (Å²) in [5.74, 6) is 0.704. The molecule has 0 bridgehead atoms. The summed E-state index contributed by atoms with van der Waals surface area (Å²) < 4.78 is 5.76. The number of nitrogens with one attached hydrogen (secondary N) is 1. The highest BCUT2D eigenvalue weighted by molar-refractivity contribution is 7.11. The van der Waals surface area contributed by atoms with Crippen LogP contribution in [0.5, 0.6) is 5.75 Å². The second kappa shape index (κ2) is 8.10.